The minimum absolute atomic E-state index is 0.255. The highest BCUT2D eigenvalue weighted by atomic mass is 16.5. The van der Waals surface area contributed by atoms with Crippen LogP contribution in [0.4, 0.5) is 0 Å². The van der Waals surface area contributed by atoms with Gasteiger partial charge in [-0.15, -0.1) is 0 Å². The van der Waals surface area contributed by atoms with Gasteiger partial charge in [0.15, 0.2) is 0 Å². The smallest absolute Gasteiger partial charge is 0.333 e. The van der Waals surface area contributed by atoms with Gasteiger partial charge in [0, 0.05) is 12.0 Å². The Morgan fingerprint density at radius 1 is 1.00 bits per heavy atom. The SMILES string of the molecule is C=C(C)C(=O)OCCCCCCC[N+](C)(C)CCCC(=O)O. The predicted molar refractivity (Wildman–Crippen MR) is 87.6 cm³/mol. The molecule has 0 aromatic heterocycles. The number of esters is 1. The van der Waals surface area contributed by atoms with E-state index < -0.39 is 5.97 Å². The van der Waals surface area contributed by atoms with Crippen LogP contribution in [0.5, 0.6) is 0 Å². The number of ether oxygens (including phenoxy) is 1. The van der Waals surface area contributed by atoms with Gasteiger partial charge in [-0.05, 0) is 26.2 Å². The Hall–Kier alpha value is -1.36. The molecule has 5 heteroatoms. The molecule has 0 fully saturated rings. The van der Waals surface area contributed by atoms with E-state index in [1.807, 2.05) is 0 Å². The summed E-state index contributed by atoms with van der Waals surface area (Å²) in [4.78, 5) is 21.7. The van der Waals surface area contributed by atoms with E-state index in [9.17, 15) is 9.59 Å². The number of carboxylic acids is 1. The van der Waals surface area contributed by atoms with Crippen LogP contribution in [0.3, 0.4) is 0 Å². The van der Waals surface area contributed by atoms with Gasteiger partial charge in [-0.1, -0.05) is 19.4 Å². The summed E-state index contributed by atoms with van der Waals surface area (Å²) in [6.45, 7) is 7.65. The maximum absolute atomic E-state index is 11.2. The van der Waals surface area contributed by atoms with E-state index in [0.29, 0.717) is 12.2 Å². The van der Waals surface area contributed by atoms with Gasteiger partial charge in [-0.3, -0.25) is 4.79 Å². The highest BCUT2D eigenvalue weighted by Crippen LogP contribution is 2.09. The molecular weight excluding hydrogens is 282 g/mol. The molecule has 0 saturated heterocycles. The van der Waals surface area contributed by atoms with Gasteiger partial charge >= 0.3 is 11.9 Å². The predicted octanol–water partition coefficient (Wildman–Crippen LogP) is 3.00. The van der Waals surface area contributed by atoms with Gasteiger partial charge in [0.2, 0.25) is 0 Å². The Kier molecular flexibility index (Phi) is 10.5. The molecule has 0 aliphatic carbocycles. The topological polar surface area (TPSA) is 63.6 Å². The second-order valence-electron chi connectivity index (χ2n) is 6.56. The van der Waals surface area contributed by atoms with Crippen molar-refractivity contribution in [2.45, 2.75) is 51.9 Å². The zero-order chi connectivity index (χ0) is 17.0. The zero-order valence-corrected chi connectivity index (χ0v) is 14.4. The van der Waals surface area contributed by atoms with Crippen molar-refractivity contribution in [3.05, 3.63) is 12.2 Å². The minimum atomic E-state index is -0.715. The van der Waals surface area contributed by atoms with Gasteiger partial charge in [0.05, 0.1) is 40.2 Å². The van der Waals surface area contributed by atoms with Crippen LogP contribution in [-0.2, 0) is 14.3 Å². The standard InChI is InChI=1S/C17H31NO4/c1-15(2)17(21)22-14-9-7-5-6-8-12-18(3,4)13-10-11-16(19)20/h1,5-14H2,2-4H3/p+1. The van der Waals surface area contributed by atoms with Gasteiger partial charge in [-0.2, -0.15) is 0 Å². The molecule has 128 valence electrons. The van der Waals surface area contributed by atoms with E-state index in [0.717, 1.165) is 56.1 Å². The van der Waals surface area contributed by atoms with E-state index in [-0.39, 0.29) is 12.4 Å². The summed E-state index contributed by atoms with van der Waals surface area (Å²) < 4.78 is 5.92. The summed E-state index contributed by atoms with van der Waals surface area (Å²) >= 11 is 0. The average molecular weight is 314 g/mol. The molecule has 0 amide bonds. The molecule has 0 bridgehead atoms. The minimum Gasteiger partial charge on any atom is -0.481 e. The summed E-state index contributed by atoms with van der Waals surface area (Å²) in [6.07, 6.45) is 6.40. The van der Waals surface area contributed by atoms with Crippen molar-refractivity contribution in [2.75, 3.05) is 33.8 Å². The summed E-state index contributed by atoms with van der Waals surface area (Å²) in [7, 11) is 4.30. The fraction of sp³-hybridized carbons (Fsp3) is 0.765. The van der Waals surface area contributed by atoms with Crippen molar-refractivity contribution in [3.8, 4) is 0 Å². The Morgan fingerprint density at radius 2 is 1.55 bits per heavy atom. The van der Waals surface area contributed by atoms with Gasteiger partial charge in [0.25, 0.3) is 0 Å². The number of carbonyl (C=O) groups excluding carboxylic acids is 1. The zero-order valence-electron chi connectivity index (χ0n) is 14.4. The highest BCUT2D eigenvalue weighted by Gasteiger charge is 2.14. The van der Waals surface area contributed by atoms with Gasteiger partial charge < -0.3 is 14.3 Å². The fourth-order valence-electron chi connectivity index (χ4n) is 2.23. The Morgan fingerprint density at radius 3 is 2.14 bits per heavy atom. The number of carbonyl (C=O) groups is 2. The first-order chi connectivity index (χ1) is 10.2. The van der Waals surface area contributed by atoms with Crippen molar-refractivity contribution in [2.24, 2.45) is 0 Å². The number of hydrogen-bond donors (Lipinski definition) is 1. The van der Waals surface area contributed by atoms with Crippen molar-refractivity contribution in [1.82, 2.24) is 0 Å². The lowest BCUT2D eigenvalue weighted by atomic mass is 10.1. The molecular formula is C17H32NO4+. The third kappa shape index (κ3) is 12.4. The third-order valence-electron chi connectivity index (χ3n) is 3.64. The monoisotopic (exact) mass is 314 g/mol. The normalized spacial score (nSPS) is 11.2. The lowest BCUT2D eigenvalue weighted by molar-refractivity contribution is -0.890. The Labute approximate surface area is 134 Å². The van der Waals surface area contributed by atoms with E-state index in [2.05, 4.69) is 20.7 Å². The van der Waals surface area contributed by atoms with Crippen LogP contribution >= 0.6 is 0 Å². The molecule has 1 N–H and O–H groups in total. The van der Waals surface area contributed by atoms with Gasteiger partial charge in [-0.25, -0.2) is 4.79 Å². The fourth-order valence-corrected chi connectivity index (χ4v) is 2.23. The van der Waals surface area contributed by atoms with E-state index in [1.165, 1.54) is 0 Å². The number of unbranched alkanes of at least 4 members (excludes halogenated alkanes) is 4. The Bertz CT molecular complexity index is 364. The van der Waals surface area contributed by atoms with Crippen LogP contribution in [0.1, 0.15) is 51.9 Å². The molecule has 0 aliphatic heterocycles. The lowest BCUT2D eigenvalue weighted by Crippen LogP contribution is -2.41. The second-order valence-corrected chi connectivity index (χ2v) is 6.56. The number of aliphatic carboxylic acids is 1. The molecule has 0 aromatic carbocycles. The van der Waals surface area contributed by atoms with E-state index in [4.69, 9.17) is 9.84 Å². The summed E-state index contributed by atoms with van der Waals surface area (Å²) in [5, 5.41) is 8.65. The molecule has 0 saturated carbocycles. The van der Waals surface area contributed by atoms with Crippen molar-refractivity contribution < 1.29 is 23.9 Å². The first-order valence-corrected chi connectivity index (χ1v) is 8.11. The highest BCUT2D eigenvalue weighted by molar-refractivity contribution is 5.86. The molecule has 0 heterocycles. The van der Waals surface area contributed by atoms with Crippen LogP contribution in [-0.4, -0.2) is 55.3 Å². The molecule has 0 radical (unpaired) electrons. The molecule has 0 unspecified atom stereocenters. The summed E-state index contributed by atoms with van der Waals surface area (Å²) in [6, 6.07) is 0. The maximum atomic E-state index is 11.2. The van der Waals surface area contributed by atoms with Crippen molar-refractivity contribution in [3.63, 3.8) is 0 Å². The number of rotatable bonds is 13. The van der Waals surface area contributed by atoms with Crippen molar-refractivity contribution >= 4 is 11.9 Å². The molecule has 22 heavy (non-hydrogen) atoms. The van der Waals surface area contributed by atoms with E-state index in [1.54, 1.807) is 6.92 Å². The second kappa shape index (κ2) is 11.2. The van der Waals surface area contributed by atoms with Gasteiger partial charge in [0.1, 0.15) is 0 Å². The third-order valence-corrected chi connectivity index (χ3v) is 3.64. The molecule has 0 aromatic rings. The maximum Gasteiger partial charge on any atom is 0.333 e. The lowest BCUT2D eigenvalue weighted by Gasteiger charge is -2.29. The van der Waals surface area contributed by atoms with Crippen LogP contribution < -0.4 is 0 Å². The van der Waals surface area contributed by atoms with Crippen molar-refractivity contribution in [1.29, 1.82) is 0 Å². The molecule has 0 aliphatic rings. The number of nitrogens with zero attached hydrogens (tertiary/aromatic N) is 1. The summed E-state index contributed by atoms with van der Waals surface area (Å²) in [5.41, 5.74) is 0.447. The Balaban J connectivity index is 3.50. The molecule has 0 atom stereocenters. The molecule has 5 nitrogen and oxygen atoms in total. The van der Waals surface area contributed by atoms with Crippen LogP contribution in [0, 0.1) is 0 Å². The first-order valence-electron chi connectivity index (χ1n) is 8.11. The number of carboxylic acid groups (broad SMARTS) is 1. The van der Waals surface area contributed by atoms with Crippen LogP contribution in [0.15, 0.2) is 12.2 Å². The summed E-state index contributed by atoms with van der Waals surface area (Å²) in [5.74, 6) is -1.02. The largest absolute Gasteiger partial charge is 0.481 e. The first kappa shape index (κ1) is 20.6. The van der Waals surface area contributed by atoms with Crippen LogP contribution in [0.25, 0.3) is 0 Å². The van der Waals surface area contributed by atoms with Crippen LogP contribution in [0.2, 0.25) is 0 Å². The average Bonchev–Trinajstić information content (AvgIpc) is 2.40. The van der Waals surface area contributed by atoms with E-state index >= 15 is 0 Å². The number of quaternary nitrogens is 1. The number of hydrogen-bond acceptors (Lipinski definition) is 3. The molecule has 0 rings (SSSR count). The molecule has 0 spiro atoms. The quantitative estimate of drug-likeness (QED) is 0.246.